The highest BCUT2D eigenvalue weighted by atomic mass is 32.2. The molecule has 3 heterocycles. The highest BCUT2D eigenvalue weighted by molar-refractivity contribution is 7.98. The van der Waals surface area contributed by atoms with Crippen molar-refractivity contribution in [3.05, 3.63) is 59.2 Å². The maximum absolute atomic E-state index is 3.69. The molecule has 1 saturated heterocycles. The molecule has 3 aliphatic heterocycles. The number of benzene rings is 2. The van der Waals surface area contributed by atoms with Crippen molar-refractivity contribution in [1.82, 2.24) is 5.32 Å². The number of rotatable bonds is 3. The number of anilines is 2. The van der Waals surface area contributed by atoms with Gasteiger partial charge in [-0.3, -0.25) is 0 Å². The van der Waals surface area contributed by atoms with Crippen molar-refractivity contribution >= 4 is 23.1 Å². The lowest BCUT2D eigenvalue weighted by Gasteiger charge is -2.41. The first-order valence-corrected chi connectivity index (χ1v) is 10.9. The van der Waals surface area contributed by atoms with Gasteiger partial charge >= 0.3 is 0 Å². The van der Waals surface area contributed by atoms with Gasteiger partial charge in [0.25, 0.3) is 0 Å². The molecule has 136 valence electrons. The third-order valence-electron chi connectivity index (χ3n) is 6.36. The van der Waals surface area contributed by atoms with E-state index in [4.69, 9.17) is 0 Å². The molecule has 1 fully saturated rings. The summed E-state index contributed by atoms with van der Waals surface area (Å²) in [6.45, 7) is 6.79. The van der Waals surface area contributed by atoms with Crippen molar-refractivity contribution in [2.45, 2.75) is 37.1 Å². The number of nitrogens with one attached hydrogen (secondary N) is 2. The Morgan fingerprint density at radius 3 is 3.04 bits per heavy atom. The van der Waals surface area contributed by atoms with Gasteiger partial charge in [-0.15, -0.1) is 0 Å². The zero-order chi connectivity index (χ0) is 17.6. The Hall–Kier alpha value is -1.65. The number of thioether (sulfide) groups is 1. The van der Waals surface area contributed by atoms with E-state index >= 15 is 0 Å². The summed E-state index contributed by atoms with van der Waals surface area (Å²) in [5, 5.41) is 7.35. The molecule has 0 spiro atoms. The number of nitrogens with zero attached hydrogens (tertiary/aromatic N) is 1. The van der Waals surface area contributed by atoms with E-state index in [1.54, 1.807) is 11.3 Å². The average molecular weight is 366 g/mol. The van der Waals surface area contributed by atoms with Gasteiger partial charge < -0.3 is 15.5 Å². The Balaban J connectivity index is 1.53. The first-order valence-electron chi connectivity index (χ1n) is 9.76. The summed E-state index contributed by atoms with van der Waals surface area (Å²) in [6.07, 6.45) is 1.25. The van der Waals surface area contributed by atoms with Crippen LogP contribution in [-0.2, 0) is 17.7 Å². The van der Waals surface area contributed by atoms with Crippen molar-refractivity contribution in [3.8, 4) is 0 Å². The zero-order valence-electron chi connectivity index (χ0n) is 15.4. The van der Waals surface area contributed by atoms with Crippen LogP contribution < -0.4 is 15.5 Å². The molecular formula is C22H27N3S. The second kappa shape index (κ2) is 6.50. The van der Waals surface area contributed by atoms with Gasteiger partial charge in [0, 0.05) is 54.0 Å². The molecular weight excluding hydrogens is 338 g/mol. The van der Waals surface area contributed by atoms with E-state index in [9.17, 15) is 0 Å². The molecule has 3 nitrogen and oxygen atoms in total. The Morgan fingerprint density at radius 2 is 2.15 bits per heavy atom. The summed E-state index contributed by atoms with van der Waals surface area (Å²) < 4.78 is 0. The molecule has 0 bridgehead atoms. The second-order valence-corrected chi connectivity index (χ2v) is 9.12. The van der Waals surface area contributed by atoms with E-state index in [0.29, 0.717) is 6.04 Å². The number of hydrogen-bond donors (Lipinski definition) is 2. The zero-order valence-corrected chi connectivity index (χ0v) is 16.2. The molecule has 0 amide bonds. The molecule has 3 aliphatic rings. The molecule has 2 aromatic rings. The number of piperidine rings is 1. The van der Waals surface area contributed by atoms with Crippen molar-refractivity contribution < 1.29 is 0 Å². The van der Waals surface area contributed by atoms with E-state index in [0.717, 1.165) is 25.4 Å². The average Bonchev–Trinajstić information content (AvgIpc) is 2.80. The fourth-order valence-electron chi connectivity index (χ4n) is 5.05. The fraction of sp³-hybridized carbons (Fsp3) is 0.455. The molecule has 0 aliphatic carbocycles. The normalized spacial score (nSPS) is 26.8. The molecule has 2 atom stereocenters. The topological polar surface area (TPSA) is 27.3 Å². The molecule has 2 N–H and O–H groups in total. The van der Waals surface area contributed by atoms with Crippen molar-refractivity contribution in [3.63, 3.8) is 0 Å². The monoisotopic (exact) mass is 365 g/mol. The Kier molecular flexibility index (Phi) is 4.13. The van der Waals surface area contributed by atoms with E-state index in [2.05, 4.69) is 76.7 Å². The molecule has 0 saturated carbocycles. The van der Waals surface area contributed by atoms with E-state index in [1.165, 1.54) is 35.5 Å². The van der Waals surface area contributed by atoms with Gasteiger partial charge in [-0.05, 0) is 41.8 Å². The van der Waals surface area contributed by atoms with Gasteiger partial charge in [0.2, 0.25) is 0 Å². The summed E-state index contributed by atoms with van der Waals surface area (Å²) in [7, 11) is 0. The fourth-order valence-corrected chi connectivity index (χ4v) is 5.96. The minimum atomic E-state index is 0.231. The molecule has 0 radical (unpaired) electrons. The van der Waals surface area contributed by atoms with Gasteiger partial charge in [-0.1, -0.05) is 37.3 Å². The van der Waals surface area contributed by atoms with Crippen molar-refractivity contribution in [2.75, 3.05) is 35.6 Å². The SMILES string of the molecule is CC12CNCCC1N1CCSCc3cc(NCc4ccccc4)cc2c31. The van der Waals surface area contributed by atoms with Crippen LogP contribution in [0.5, 0.6) is 0 Å². The van der Waals surface area contributed by atoms with Gasteiger partial charge in [0.15, 0.2) is 0 Å². The first kappa shape index (κ1) is 16.5. The number of hydrogen-bond acceptors (Lipinski definition) is 4. The maximum Gasteiger partial charge on any atom is 0.0451 e. The van der Waals surface area contributed by atoms with Gasteiger partial charge in [0.1, 0.15) is 0 Å². The highest BCUT2D eigenvalue weighted by Crippen LogP contribution is 2.51. The number of fused-ring (bicyclic) bond motifs is 3. The smallest absolute Gasteiger partial charge is 0.0451 e. The maximum atomic E-state index is 3.69. The molecule has 26 heavy (non-hydrogen) atoms. The van der Waals surface area contributed by atoms with Crippen molar-refractivity contribution in [1.29, 1.82) is 0 Å². The van der Waals surface area contributed by atoms with Crippen LogP contribution in [-0.4, -0.2) is 31.4 Å². The van der Waals surface area contributed by atoms with E-state index < -0.39 is 0 Å². The van der Waals surface area contributed by atoms with Crippen LogP contribution in [0.2, 0.25) is 0 Å². The third-order valence-corrected chi connectivity index (χ3v) is 7.35. The molecule has 0 aromatic heterocycles. The lowest BCUT2D eigenvalue weighted by molar-refractivity contribution is 0.300. The second-order valence-electron chi connectivity index (χ2n) is 8.02. The minimum Gasteiger partial charge on any atom is -0.381 e. The largest absolute Gasteiger partial charge is 0.381 e. The first-order chi connectivity index (χ1) is 12.8. The summed E-state index contributed by atoms with van der Waals surface area (Å²) in [6, 6.07) is 16.2. The van der Waals surface area contributed by atoms with Crippen LogP contribution in [0.15, 0.2) is 42.5 Å². The van der Waals surface area contributed by atoms with E-state index in [1.807, 2.05) is 0 Å². The van der Waals surface area contributed by atoms with Crippen LogP contribution in [0.3, 0.4) is 0 Å². The Morgan fingerprint density at radius 1 is 1.27 bits per heavy atom. The van der Waals surface area contributed by atoms with Crippen molar-refractivity contribution in [2.24, 2.45) is 0 Å². The van der Waals surface area contributed by atoms with Crippen LogP contribution in [0.1, 0.15) is 30.0 Å². The predicted molar refractivity (Wildman–Crippen MR) is 112 cm³/mol. The summed E-state index contributed by atoms with van der Waals surface area (Å²) in [5.74, 6) is 2.37. The summed E-state index contributed by atoms with van der Waals surface area (Å²) in [4.78, 5) is 2.74. The lowest BCUT2D eigenvalue weighted by Crippen LogP contribution is -2.54. The van der Waals surface area contributed by atoms with Crippen LogP contribution in [0.4, 0.5) is 11.4 Å². The highest BCUT2D eigenvalue weighted by Gasteiger charge is 2.50. The van der Waals surface area contributed by atoms with Crippen LogP contribution >= 0.6 is 11.8 Å². The quantitative estimate of drug-likeness (QED) is 0.860. The predicted octanol–water partition coefficient (Wildman–Crippen LogP) is 3.99. The van der Waals surface area contributed by atoms with E-state index in [-0.39, 0.29) is 5.41 Å². The van der Waals surface area contributed by atoms with Gasteiger partial charge in [-0.2, -0.15) is 11.8 Å². The Labute approximate surface area is 160 Å². The van der Waals surface area contributed by atoms with Gasteiger partial charge in [0.05, 0.1) is 0 Å². The van der Waals surface area contributed by atoms with Gasteiger partial charge in [-0.25, -0.2) is 0 Å². The lowest BCUT2D eigenvalue weighted by atomic mass is 9.75. The molecule has 2 unspecified atom stereocenters. The Bertz CT molecular complexity index is 807. The standard InChI is InChI=1S/C22H27N3S/c1-22-15-23-8-7-20(22)25-9-10-26-14-17-11-18(12-19(22)21(17)25)24-13-16-5-3-2-4-6-16/h2-6,11-12,20,23-24H,7-10,13-15H2,1H3. The minimum absolute atomic E-state index is 0.231. The summed E-state index contributed by atoms with van der Waals surface area (Å²) in [5.41, 5.74) is 7.48. The molecule has 2 aromatic carbocycles. The summed E-state index contributed by atoms with van der Waals surface area (Å²) >= 11 is 2.08. The van der Waals surface area contributed by atoms with Crippen LogP contribution in [0, 0.1) is 0 Å². The third kappa shape index (κ3) is 2.62. The molecule has 5 rings (SSSR count). The van der Waals surface area contributed by atoms with Crippen LogP contribution in [0.25, 0.3) is 0 Å². The molecule has 4 heteroatoms.